The number of hydrogen-bond donors (Lipinski definition) is 1. The van der Waals surface area contributed by atoms with Crippen LogP contribution in [0.15, 0.2) is 42.5 Å². The Labute approximate surface area is 254 Å². The third kappa shape index (κ3) is 9.25. The summed E-state index contributed by atoms with van der Waals surface area (Å²) in [6, 6.07) is 11.4. The molecule has 0 unspecified atom stereocenters. The van der Waals surface area contributed by atoms with E-state index in [1.807, 2.05) is 13.8 Å². The summed E-state index contributed by atoms with van der Waals surface area (Å²) in [6.45, 7) is 4.22. The van der Waals surface area contributed by atoms with Crippen LogP contribution in [-0.2, 0) is 26.2 Å². The Morgan fingerprint density at radius 1 is 1.02 bits per heavy atom. The molecule has 0 aliphatic heterocycles. The van der Waals surface area contributed by atoms with E-state index in [1.54, 1.807) is 42.5 Å². The minimum absolute atomic E-state index is 0.0259. The summed E-state index contributed by atoms with van der Waals surface area (Å²) in [4.78, 5) is 28.8. The van der Waals surface area contributed by atoms with Gasteiger partial charge in [0.15, 0.2) is 0 Å². The highest BCUT2D eigenvalue weighted by Gasteiger charge is 2.31. The van der Waals surface area contributed by atoms with Gasteiger partial charge >= 0.3 is 0 Å². The third-order valence-corrected chi connectivity index (χ3v) is 9.20. The first-order valence-corrected chi connectivity index (χ1v) is 16.9. The van der Waals surface area contributed by atoms with Crippen LogP contribution in [0, 0.1) is 0 Å². The average Bonchev–Trinajstić information content (AvgIpc) is 2.93. The summed E-state index contributed by atoms with van der Waals surface area (Å²) < 4.78 is 32.4. The topological polar surface area (TPSA) is 96.0 Å². The van der Waals surface area contributed by atoms with Crippen molar-refractivity contribution < 1.29 is 22.7 Å². The summed E-state index contributed by atoms with van der Waals surface area (Å²) in [6.07, 6.45) is 6.96. The van der Waals surface area contributed by atoms with E-state index in [9.17, 15) is 18.0 Å². The molecule has 0 heterocycles. The largest absolute Gasteiger partial charge is 0.492 e. The van der Waals surface area contributed by atoms with Crippen LogP contribution in [0.25, 0.3) is 0 Å². The lowest BCUT2D eigenvalue weighted by atomic mass is 9.95. The van der Waals surface area contributed by atoms with Gasteiger partial charge in [-0.2, -0.15) is 0 Å². The standard InChI is InChI=1S/C30H41Cl2N3O5S/c1-4-26(30(37)33-22-13-7-6-8-14-22)34(21-23-24(31)15-11-16-25(23)32)29(36)19-12-20-35(41(3,38)39)27-17-9-10-18-28(27)40-5-2/h9-11,15-18,22,26H,4-8,12-14,19-21H2,1-3H3,(H,33,37)/t26-/m0/s1. The molecule has 0 saturated heterocycles. The molecule has 1 atom stereocenters. The number of ether oxygens (including phenoxy) is 1. The van der Waals surface area contributed by atoms with E-state index in [1.165, 1.54) is 15.6 Å². The van der Waals surface area contributed by atoms with Gasteiger partial charge in [0, 0.05) is 41.2 Å². The zero-order valence-corrected chi connectivity index (χ0v) is 26.4. The number of anilines is 1. The number of nitrogens with one attached hydrogen (secondary N) is 1. The van der Waals surface area contributed by atoms with Crippen molar-refractivity contribution in [1.82, 2.24) is 10.2 Å². The quantitative estimate of drug-likeness (QED) is 0.270. The number of rotatable bonds is 14. The van der Waals surface area contributed by atoms with E-state index in [0.717, 1.165) is 31.9 Å². The van der Waals surface area contributed by atoms with Crippen LogP contribution in [0.3, 0.4) is 0 Å². The fraction of sp³-hybridized carbons (Fsp3) is 0.533. The maximum atomic E-state index is 13.8. The van der Waals surface area contributed by atoms with Crippen LogP contribution >= 0.6 is 23.2 Å². The normalized spacial score (nSPS) is 14.8. The highest BCUT2D eigenvalue weighted by Crippen LogP contribution is 2.31. The van der Waals surface area contributed by atoms with Crippen molar-refractivity contribution in [3.63, 3.8) is 0 Å². The Kier molecular flexibility index (Phi) is 12.6. The molecule has 2 aromatic rings. The molecule has 1 aliphatic carbocycles. The highest BCUT2D eigenvalue weighted by molar-refractivity contribution is 7.92. The summed E-state index contributed by atoms with van der Waals surface area (Å²) in [7, 11) is -3.66. The molecule has 11 heteroatoms. The van der Waals surface area contributed by atoms with Gasteiger partial charge < -0.3 is 15.0 Å². The predicted molar refractivity (Wildman–Crippen MR) is 165 cm³/mol. The molecule has 2 aromatic carbocycles. The molecule has 3 rings (SSSR count). The average molecular weight is 627 g/mol. The van der Waals surface area contributed by atoms with Gasteiger partial charge in [0.25, 0.3) is 0 Å². The number of benzene rings is 2. The molecule has 1 fully saturated rings. The van der Waals surface area contributed by atoms with Gasteiger partial charge in [0.2, 0.25) is 21.8 Å². The van der Waals surface area contributed by atoms with E-state index < -0.39 is 16.1 Å². The Balaban J connectivity index is 1.82. The fourth-order valence-electron chi connectivity index (χ4n) is 5.24. The van der Waals surface area contributed by atoms with Gasteiger partial charge in [0.05, 0.1) is 18.6 Å². The maximum Gasteiger partial charge on any atom is 0.243 e. The van der Waals surface area contributed by atoms with Crippen LogP contribution in [0.1, 0.15) is 70.8 Å². The second-order valence-corrected chi connectivity index (χ2v) is 13.1. The molecule has 1 aliphatic rings. The first kappa shape index (κ1) is 33.0. The van der Waals surface area contributed by atoms with E-state index in [2.05, 4.69) is 5.32 Å². The molecule has 226 valence electrons. The SMILES string of the molecule is CCOc1ccccc1N(CCCC(=O)N(Cc1c(Cl)cccc1Cl)[C@@H](CC)C(=O)NC1CCCCC1)S(C)(=O)=O. The molecule has 41 heavy (non-hydrogen) atoms. The summed E-state index contributed by atoms with van der Waals surface area (Å²) in [5.74, 6) is -0.0234. The number of carbonyl (C=O) groups is 2. The number of carbonyl (C=O) groups excluding carboxylic acids is 2. The molecule has 8 nitrogen and oxygen atoms in total. The molecule has 0 aromatic heterocycles. The number of para-hydroxylation sites is 2. The van der Waals surface area contributed by atoms with Crippen molar-refractivity contribution in [2.45, 2.75) is 83.8 Å². The van der Waals surface area contributed by atoms with Gasteiger partial charge in [-0.05, 0) is 56.9 Å². The van der Waals surface area contributed by atoms with E-state index >= 15 is 0 Å². The summed E-state index contributed by atoms with van der Waals surface area (Å²) in [5.41, 5.74) is 0.985. The number of nitrogens with zero attached hydrogens (tertiary/aromatic N) is 2. The predicted octanol–water partition coefficient (Wildman–Crippen LogP) is 6.19. The molecular formula is C30H41Cl2N3O5S. The highest BCUT2D eigenvalue weighted by atomic mass is 35.5. The molecule has 1 saturated carbocycles. The molecular weight excluding hydrogens is 585 g/mol. The van der Waals surface area contributed by atoms with Crippen LogP contribution < -0.4 is 14.4 Å². The molecule has 0 bridgehead atoms. The lowest BCUT2D eigenvalue weighted by Gasteiger charge is -2.33. The smallest absolute Gasteiger partial charge is 0.243 e. The minimum atomic E-state index is -3.66. The second kappa shape index (κ2) is 15.7. The van der Waals surface area contributed by atoms with Crippen molar-refractivity contribution in [1.29, 1.82) is 0 Å². The van der Waals surface area contributed by atoms with Crippen molar-refractivity contribution in [2.24, 2.45) is 0 Å². The molecule has 0 radical (unpaired) electrons. The van der Waals surface area contributed by atoms with Crippen molar-refractivity contribution in [2.75, 3.05) is 23.7 Å². The van der Waals surface area contributed by atoms with Gasteiger partial charge in [-0.25, -0.2) is 8.42 Å². The van der Waals surface area contributed by atoms with Crippen molar-refractivity contribution in [3.8, 4) is 5.75 Å². The zero-order valence-electron chi connectivity index (χ0n) is 24.1. The van der Waals surface area contributed by atoms with E-state index in [-0.39, 0.29) is 43.8 Å². The zero-order chi connectivity index (χ0) is 30.0. The lowest BCUT2D eigenvalue weighted by molar-refractivity contribution is -0.141. The van der Waals surface area contributed by atoms with Crippen LogP contribution in [0.5, 0.6) is 5.75 Å². The van der Waals surface area contributed by atoms with Gasteiger partial charge in [-0.15, -0.1) is 0 Å². The third-order valence-electron chi connectivity index (χ3n) is 7.31. The van der Waals surface area contributed by atoms with Gasteiger partial charge in [0.1, 0.15) is 11.8 Å². The van der Waals surface area contributed by atoms with Crippen LogP contribution in [-0.4, -0.2) is 56.6 Å². The Hall–Kier alpha value is -2.49. The Morgan fingerprint density at radius 2 is 1.68 bits per heavy atom. The van der Waals surface area contributed by atoms with Gasteiger partial charge in [-0.1, -0.05) is 67.6 Å². The van der Waals surface area contributed by atoms with Crippen LogP contribution in [0.2, 0.25) is 10.0 Å². The number of sulfonamides is 1. The monoisotopic (exact) mass is 625 g/mol. The lowest BCUT2D eigenvalue weighted by Crippen LogP contribution is -2.51. The first-order chi connectivity index (χ1) is 19.6. The number of halogens is 2. The van der Waals surface area contributed by atoms with Crippen molar-refractivity contribution in [3.05, 3.63) is 58.1 Å². The van der Waals surface area contributed by atoms with Crippen molar-refractivity contribution >= 4 is 50.7 Å². The summed E-state index contributed by atoms with van der Waals surface area (Å²) >= 11 is 12.9. The van der Waals surface area contributed by atoms with Gasteiger partial charge in [-0.3, -0.25) is 13.9 Å². The number of amides is 2. The summed E-state index contributed by atoms with van der Waals surface area (Å²) in [5, 5.41) is 3.98. The fourth-order valence-corrected chi connectivity index (χ4v) is 6.73. The molecule has 2 amide bonds. The number of hydrogen-bond acceptors (Lipinski definition) is 5. The second-order valence-electron chi connectivity index (χ2n) is 10.3. The molecule has 1 N–H and O–H groups in total. The Morgan fingerprint density at radius 3 is 2.29 bits per heavy atom. The van der Waals surface area contributed by atoms with E-state index in [0.29, 0.717) is 40.1 Å². The van der Waals surface area contributed by atoms with E-state index in [4.69, 9.17) is 27.9 Å². The Bertz CT molecular complexity index is 1260. The molecule has 0 spiro atoms. The van der Waals surface area contributed by atoms with Crippen LogP contribution in [0.4, 0.5) is 5.69 Å². The minimum Gasteiger partial charge on any atom is -0.492 e. The maximum absolute atomic E-state index is 13.8. The first-order valence-electron chi connectivity index (χ1n) is 14.3.